The third-order valence-electron chi connectivity index (χ3n) is 5.70. The summed E-state index contributed by atoms with van der Waals surface area (Å²) in [7, 11) is -3.66. The fraction of sp³-hybridized carbons (Fsp3) is 0.364. The van der Waals surface area contributed by atoms with Crippen LogP contribution in [0.1, 0.15) is 36.5 Å². The fourth-order valence-corrected chi connectivity index (χ4v) is 5.32. The van der Waals surface area contributed by atoms with E-state index < -0.39 is 15.9 Å². The average Bonchev–Trinajstić information content (AvgIpc) is 3.01. The highest BCUT2D eigenvalue weighted by atomic mass is 32.2. The zero-order valence-corrected chi connectivity index (χ0v) is 17.7. The molecule has 4 rings (SSSR count). The lowest BCUT2D eigenvalue weighted by Crippen LogP contribution is -2.32. The van der Waals surface area contributed by atoms with E-state index in [9.17, 15) is 18.0 Å². The van der Waals surface area contributed by atoms with E-state index in [0.29, 0.717) is 5.69 Å². The Morgan fingerprint density at radius 3 is 2.37 bits per heavy atom. The van der Waals surface area contributed by atoms with Crippen LogP contribution in [-0.2, 0) is 14.8 Å². The number of rotatable bonds is 4. The van der Waals surface area contributed by atoms with Crippen LogP contribution < -0.4 is 14.5 Å². The van der Waals surface area contributed by atoms with Gasteiger partial charge in [0.2, 0.25) is 15.9 Å². The van der Waals surface area contributed by atoms with Gasteiger partial charge in [0, 0.05) is 36.4 Å². The van der Waals surface area contributed by atoms with Gasteiger partial charge in [0.15, 0.2) is 0 Å². The maximum absolute atomic E-state index is 12.7. The Kier molecular flexibility index (Phi) is 5.51. The van der Waals surface area contributed by atoms with Gasteiger partial charge in [0.1, 0.15) is 0 Å². The van der Waals surface area contributed by atoms with Gasteiger partial charge in [-0.1, -0.05) is 13.0 Å². The molecule has 2 heterocycles. The first-order valence-electron chi connectivity index (χ1n) is 10.2. The number of carbonyl (C=O) groups is 2. The van der Waals surface area contributed by atoms with Crippen molar-refractivity contribution < 1.29 is 18.0 Å². The molecule has 30 heavy (non-hydrogen) atoms. The first-order chi connectivity index (χ1) is 14.3. The summed E-state index contributed by atoms with van der Waals surface area (Å²) in [5.74, 6) is -0.276. The molecule has 0 unspecified atom stereocenters. The van der Waals surface area contributed by atoms with Crippen LogP contribution >= 0.6 is 0 Å². The Bertz CT molecular complexity index is 1060. The number of hydrogen-bond acceptors (Lipinski definition) is 5. The topological polar surface area (TPSA) is 86.8 Å². The summed E-state index contributed by atoms with van der Waals surface area (Å²) in [5, 5.41) is 2.83. The summed E-state index contributed by atoms with van der Waals surface area (Å²) in [6.07, 6.45) is 2.33. The molecule has 158 valence electrons. The minimum absolute atomic E-state index is 0.0406. The molecule has 2 aromatic carbocycles. The van der Waals surface area contributed by atoms with E-state index in [1.807, 2.05) is 24.3 Å². The second-order valence-corrected chi connectivity index (χ2v) is 9.88. The average molecular weight is 428 g/mol. The molecule has 2 aromatic rings. The molecule has 7 nitrogen and oxygen atoms in total. The molecule has 0 aliphatic carbocycles. The van der Waals surface area contributed by atoms with Crippen molar-refractivity contribution in [3.63, 3.8) is 0 Å². The van der Waals surface area contributed by atoms with Crippen LogP contribution in [0.5, 0.6) is 0 Å². The van der Waals surface area contributed by atoms with Gasteiger partial charge in [-0.3, -0.25) is 9.59 Å². The maximum atomic E-state index is 12.7. The van der Waals surface area contributed by atoms with Gasteiger partial charge >= 0.3 is 0 Å². The number of anilines is 3. The molecule has 2 aliphatic rings. The van der Waals surface area contributed by atoms with E-state index in [4.69, 9.17) is 0 Å². The van der Waals surface area contributed by atoms with Crippen molar-refractivity contribution in [2.75, 3.05) is 33.4 Å². The lowest BCUT2D eigenvalue weighted by molar-refractivity contribution is -0.116. The van der Waals surface area contributed by atoms with Crippen molar-refractivity contribution >= 4 is 38.9 Å². The highest BCUT2D eigenvalue weighted by molar-refractivity contribution is 7.94. The number of sulfonamides is 1. The van der Waals surface area contributed by atoms with Crippen LogP contribution in [-0.4, -0.2) is 39.1 Å². The number of carbonyl (C=O) groups excluding carboxylic acids is 2. The number of amides is 2. The minimum Gasteiger partial charge on any atom is -0.372 e. The van der Waals surface area contributed by atoms with Crippen LogP contribution in [0.3, 0.4) is 0 Å². The third kappa shape index (κ3) is 4.18. The van der Waals surface area contributed by atoms with Crippen molar-refractivity contribution in [3.05, 3.63) is 54.1 Å². The zero-order valence-electron chi connectivity index (χ0n) is 16.9. The molecule has 1 N–H and O–H groups in total. The van der Waals surface area contributed by atoms with Gasteiger partial charge in [0.05, 0.1) is 11.4 Å². The van der Waals surface area contributed by atoms with Crippen molar-refractivity contribution in [3.8, 4) is 0 Å². The number of nitrogens with one attached hydrogen (secondary N) is 1. The Labute approximate surface area is 176 Å². The number of hydrogen-bond donors (Lipinski definition) is 1. The first-order valence-corrected chi connectivity index (χ1v) is 11.8. The van der Waals surface area contributed by atoms with Crippen molar-refractivity contribution in [1.29, 1.82) is 0 Å². The van der Waals surface area contributed by atoms with Crippen LogP contribution in [0.25, 0.3) is 0 Å². The molecule has 0 aromatic heterocycles. The smallest absolute Gasteiger partial charge is 0.255 e. The number of benzene rings is 2. The summed E-state index contributed by atoms with van der Waals surface area (Å²) in [5.41, 5.74) is 2.28. The molecular weight excluding hydrogens is 402 g/mol. The van der Waals surface area contributed by atoms with E-state index in [1.54, 1.807) is 12.1 Å². The highest BCUT2D eigenvalue weighted by Gasteiger charge is 2.36. The van der Waals surface area contributed by atoms with Gasteiger partial charge < -0.3 is 10.2 Å². The SMILES string of the molecule is CC1CCN(c2ccc(NC(=O)c3cccc(N4C(=O)CCS4(=O)=O)c3)cc2)CC1. The van der Waals surface area contributed by atoms with Crippen LogP contribution in [0.15, 0.2) is 48.5 Å². The number of piperidine rings is 1. The van der Waals surface area contributed by atoms with Crippen molar-refractivity contribution in [2.45, 2.75) is 26.2 Å². The normalized spacial score (nSPS) is 19.2. The predicted octanol–water partition coefficient (Wildman–Crippen LogP) is 3.24. The Morgan fingerprint density at radius 1 is 1.03 bits per heavy atom. The van der Waals surface area contributed by atoms with Gasteiger partial charge in [0.25, 0.3) is 5.91 Å². The van der Waals surface area contributed by atoms with Crippen molar-refractivity contribution in [2.24, 2.45) is 5.92 Å². The van der Waals surface area contributed by atoms with E-state index >= 15 is 0 Å². The Hall–Kier alpha value is -2.87. The molecular formula is C22H25N3O4S. The molecule has 0 saturated carbocycles. The monoisotopic (exact) mass is 427 g/mol. The lowest BCUT2D eigenvalue weighted by Gasteiger charge is -2.32. The standard InChI is InChI=1S/C22H25N3O4S/c1-16-9-12-24(13-10-16)19-7-5-18(6-8-19)23-22(27)17-3-2-4-20(15-17)25-21(26)11-14-30(25,28)29/h2-8,15-16H,9-14H2,1H3,(H,23,27). The van der Waals surface area contributed by atoms with Crippen molar-refractivity contribution in [1.82, 2.24) is 0 Å². The third-order valence-corrected chi connectivity index (χ3v) is 7.39. The molecule has 2 aliphatic heterocycles. The Morgan fingerprint density at radius 2 is 1.73 bits per heavy atom. The molecule has 0 bridgehead atoms. The Balaban J connectivity index is 1.46. The summed E-state index contributed by atoms with van der Waals surface area (Å²) in [6.45, 7) is 4.36. The van der Waals surface area contributed by atoms with E-state index in [2.05, 4.69) is 17.1 Å². The molecule has 0 radical (unpaired) electrons. The highest BCUT2D eigenvalue weighted by Crippen LogP contribution is 2.27. The fourth-order valence-electron chi connectivity index (χ4n) is 3.87. The second-order valence-electron chi connectivity index (χ2n) is 7.95. The summed E-state index contributed by atoms with van der Waals surface area (Å²) < 4.78 is 25.0. The molecule has 2 saturated heterocycles. The van der Waals surface area contributed by atoms with Crippen LogP contribution in [0.2, 0.25) is 0 Å². The van der Waals surface area contributed by atoms with Crippen LogP contribution in [0, 0.1) is 5.92 Å². The minimum atomic E-state index is -3.66. The lowest BCUT2D eigenvalue weighted by atomic mass is 9.99. The molecule has 2 amide bonds. The number of nitrogens with zero attached hydrogens (tertiary/aromatic N) is 2. The van der Waals surface area contributed by atoms with Gasteiger partial charge in [-0.2, -0.15) is 0 Å². The quantitative estimate of drug-likeness (QED) is 0.809. The summed E-state index contributed by atoms with van der Waals surface area (Å²) in [6, 6.07) is 13.8. The first kappa shape index (κ1) is 20.4. The van der Waals surface area contributed by atoms with E-state index in [-0.39, 0.29) is 29.3 Å². The predicted molar refractivity (Wildman–Crippen MR) is 117 cm³/mol. The maximum Gasteiger partial charge on any atom is 0.255 e. The summed E-state index contributed by atoms with van der Waals surface area (Å²) >= 11 is 0. The zero-order chi connectivity index (χ0) is 21.3. The van der Waals surface area contributed by atoms with E-state index in [0.717, 1.165) is 29.0 Å². The molecule has 0 atom stereocenters. The van der Waals surface area contributed by atoms with Gasteiger partial charge in [-0.15, -0.1) is 0 Å². The largest absolute Gasteiger partial charge is 0.372 e. The molecule has 8 heteroatoms. The second kappa shape index (κ2) is 8.10. The summed E-state index contributed by atoms with van der Waals surface area (Å²) in [4.78, 5) is 27.0. The van der Waals surface area contributed by atoms with Crippen LogP contribution in [0.4, 0.5) is 17.1 Å². The van der Waals surface area contributed by atoms with Gasteiger partial charge in [-0.25, -0.2) is 12.7 Å². The molecule has 0 spiro atoms. The molecule has 2 fully saturated rings. The van der Waals surface area contributed by atoms with E-state index in [1.165, 1.54) is 25.0 Å². The van der Waals surface area contributed by atoms with Gasteiger partial charge in [-0.05, 0) is 61.2 Å².